The van der Waals surface area contributed by atoms with E-state index in [0.717, 1.165) is 26.2 Å². The van der Waals surface area contributed by atoms with Crippen LogP contribution in [0.5, 0.6) is 0 Å². The van der Waals surface area contributed by atoms with Gasteiger partial charge in [0.1, 0.15) is 0 Å². The van der Waals surface area contributed by atoms with Crippen LogP contribution in [0.15, 0.2) is 0 Å². The van der Waals surface area contributed by atoms with Crippen LogP contribution in [0.4, 0.5) is 0 Å². The highest BCUT2D eigenvalue weighted by Gasteiger charge is 2.17. The molecule has 1 aliphatic rings. The van der Waals surface area contributed by atoms with Crippen molar-refractivity contribution in [2.24, 2.45) is 0 Å². The summed E-state index contributed by atoms with van der Waals surface area (Å²) in [4.78, 5) is 15.4. The molecule has 0 aromatic rings. The number of nitrogens with zero attached hydrogens (tertiary/aromatic N) is 2. The number of aliphatic hydroxyl groups is 1. The largest absolute Gasteiger partial charge is 0.469 e. The van der Waals surface area contributed by atoms with Gasteiger partial charge in [-0.15, -0.1) is 0 Å². The summed E-state index contributed by atoms with van der Waals surface area (Å²) in [6.45, 7) is 4.73. The third-order valence-corrected chi connectivity index (χ3v) is 2.97. The molecule has 0 spiro atoms. The molecule has 1 N–H and O–H groups in total. The molecule has 94 valence electrons. The van der Waals surface area contributed by atoms with Crippen LogP contribution in [0.3, 0.4) is 0 Å². The third-order valence-electron chi connectivity index (χ3n) is 2.97. The van der Waals surface area contributed by atoms with Crippen LogP contribution in [0, 0.1) is 0 Å². The van der Waals surface area contributed by atoms with Crippen molar-refractivity contribution in [2.75, 3.05) is 46.9 Å². The molecule has 1 aliphatic heterocycles. The second-order valence-electron chi connectivity index (χ2n) is 4.37. The first kappa shape index (κ1) is 13.4. The zero-order valence-corrected chi connectivity index (χ0v) is 10.2. The first-order valence-corrected chi connectivity index (χ1v) is 5.77. The summed E-state index contributed by atoms with van der Waals surface area (Å²) in [5.41, 5.74) is 0. The molecule has 5 heteroatoms. The molecule has 1 rings (SSSR count). The molecule has 0 amide bonds. The lowest BCUT2D eigenvalue weighted by molar-refractivity contribution is -0.141. The van der Waals surface area contributed by atoms with Crippen LogP contribution in [0.2, 0.25) is 0 Å². The maximum Gasteiger partial charge on any atom is 0.305 e. The Morgan fingerprint density at radius 1 is 1.38 bits per heavy atom. The Balaban J connectivity index is 2.13. The zero-order valence-electron chi connectivity index (χ0n) is 10.2. The second-order valence-corrected chi connectivity index (χ2v) is 4.37. The predicted molar refractivity (Wildman–Crippen MR) is 61.2 cm³/mol. The number of piperazine rings is 1. The molecule has 0 aromatic carbocycles. The second kappa shape index (κ2) is 6.83. The summed E-state index contributed by atoms with van der Waals surface area (Å²) >= 11 is 0. The van der Waals surface area contributed by atoms with Crippen molar-refractivity contribution < 1.29 is 14.6 Å². The van der Waals surface area contributed by atoms with Crippen LogP contribution in [-0.4, -0.2) is 73.9 Å². The van der Waals surface area contributed by atoms with Gasteiger partial charge in [0.05, 0.1) is 13.2 Å². The maximum absolute atomic E-state index is 10.9. The van der Waals surface area contributed by atoms with E-state index in [-0.39, 0.29) is 5.97 Å². The predicted octanol–water partition coefficient (Wildman–Crippen LogP) is -0.452. The van der Waals surface area contributed by atoms with Crippen molar-refractivity contribution >= 4 is 5.97 Å². The Morgan fingerprint density at radius 3 is 2.56 bits per heavy atom. The Kier molecular flexibility index (Phi) is 5.73. The molecule has 16 heavy (non-hydrogen) atoms. The molecule has 1 heterocycles. The molecule has 0 aliphatic carbocycles. The van der Waals surface area contributed by atoms with Gasteiger partial charge in [0.15, 0.2) is 0 Å². The smallest absolute Gasteiger partial charge is 0.305 e. The van der Waals surface area contributed by atoms with Gasteiger partial charge in [-0.2, -0.15) is 0 Å². The number of esters is 1. The monoisotopic (exact) mass is 230 g/mol. The highest BCUT2D eigenvalue weighted by Crippen LogP contribution is 2.04. The number of aliphatic hydroxyl groups excluding tert-OH is 1. The van der Waals surface area contributed by atoms with Gasteiger partial charge in [-0.3, -0.25) is 9.69 Å². The number of hydrogen-bond donors (Lipinski definition) is 1. The van der Waals surface area contributed by atoms with Gasteiger partial charge < -0.3 is 14.7 Å². The van der Waals surface area contributed by atoms with Crippen molar-refractivity contribution in [2.45, 2.75) is 18.9 Å². The van der Waals surface area contributed by atoms with Gasteiger partial charge in [0.2, 0.25) is 0 Å². The first-order valence-electron chi connectivity index (χ1n) is 5.77. The quantitative estimate of drug-likeness (QED) is 0.648. The van der Waals surface area contributed by atoms with E-state index >= 15 is 0 Å². The zero-order chi connectivity index (χ0) is 12.0. The lowest BCUT2D eigenvalue weighted by Crippen LogP contribution is -2.47. The van der Waals surface area contributed by atoms with Gasteiger partial charge >= 0.3 is 5.97 Å². The molecular weight excluding hydrogens is 208 g/mol. The van der Waals surface area contributed by atoms with Crippen LogP contribution < -0.4 is 0 Å². The van der Waals surface area contributed by atoms with Crippen molar-refractivity contribution in [3.05, 3.63) is 0 Å². The molecule has 0 saturated carbocycles. The molecule has 0 bridgehead atoms. The standard InChI is InChI=1S/C11H22N2O3/c1-12-5-7-13(8-6-12)9-10(14)3-4-11(15)16-2/h10,14H,3-9H2,1-2H3. The number of hydrogen-bond acceptors (Lipinski definition) is 5. The Bertz CT molecular complexity index is 215. The highest BCUT2D eigenvalue weighted by molar-refractivity contribution is 5.69. The fourth-order valence-corrected chi connectivity index (χ4v) is 1.81. The minimum Gasteiger partial charge on any atom is -0.469 e. The summed E-state index contributed by atoms with van der Waals surface area (Å²) < 4.78 is 4.53. The number of methoxy groups -OCH3 is 1. The van der Waals surface area contributed by atoms with Crippen molar-refractivity contribution in [3.8, 4) is 0 Å². The SMILES string of the molecule is COC(=O)CCC(O)CN1CCN(C)CC1. The molecule has 1 fully saturated rings. The number of rotatable bonds is 5. The summed E-state index contributed by atoms with van der Waals surface area (Å²) in [6, 6.07) is 0. The normalized spacial score (nSPS) is 20.7. The van der Waals surface area contributed by atoms with E-state index in [2.05, 4.69) is 21.6 Å². The summed E-state index contributed by atoms with van der Waals surface area (Å²) in [5.74, 6) is -0.252. The van der Waals surface area contributed by atoms with Crippen molar-refractivity contribution in [1.82, 2.24) is 9.80 Å². The van der Waals surface area contributed by atoms with E-state index in [0.29, 0.717) is 19.4 Å². The van der Waals surface area contributed by atoms with Crippen molar-refractivity contribution in [3.63, 3.8) is 0 Å². The highest BCUT2D eigenvalue weighted by atomic mass is 16.5. The fraction of sp³-hybridized carbons (Fsp3) is 0.909. The molecule has 5 nitrogen and oxygen atoms in total. The number of likely N-dealkylation sites (N-methyl/N-ethyl adjacent to an activating group) is 1. The van der Waals surface area contributed by atoms with Crippen LogP contribution in [0.25, 0.3) is 0 Å². The number of carbonyl (C=O) groups excluding carboxylic acids is 1. The molecule has 0 radical (unpaired) electrons. The average molecular weight is 230 g/mol. The van der Waals surface area contributed by atoms with Crippen LogP contribution in [0.1, 0.15) is 12.8 Å². The molecular formula is C11H22N2O3. The molecule has 1 unspecified atom stereocenters. The van der Waals surface area contributed by atoms with E-state index in [1.807, 2.05) is 0 Å². The Labute approximate surface area is 97.0 Å². The van der Waals surface area contributed by atoms with E-state index in [9.17, 15) is 9.90 Å². The van der Waals surface area contributed by atoms with Gasteiger partial charge in [0.25, 0.3) is 0 Å². The summed E-state index contributed by atoms with van der Waals surface area (Å²) in [5, 5.41) is 9.75. The van der Waals surface area contributed by atoms with E-state index in [4.69, 9.17) is 0 Å². The third kappa shape index (κ3) is 4.92. The molecule has 1 atom stereocenters. The van der Waals surface area contributed by atoms with Gasteiger partial charge in [-0.25, -0.2) is 0 Å². The maximum atomic E-state index is 10.9. The fourth-order valence-electron chi connectivity index (χ4n) is 1.81. The topological polar surface area (TPSA) is 53.0 Å². The van der Waals surface area contributed by atoms with E-state index < -0.39 is 6.10 Å². The molecule has 1 saturated heterocycles. The Morgan fingerprint density at radius 2 is 2.00 bits per heavy atom. The van der Waals surface area contributed by atoms with E-state index in [1.54, 1.807) is 0 Å². The first-order chi connectivity index (χ1) is 7.61. The minimum absolute atomic E-state index is 0.252. The minimum atomic E-state index is -0.428. The van der Waals surface area contributed by atoms with Crippen LogP contribution >= 0.6 is 0 Å². The lowest BCUT2D eigenvalue weighted by atomic mass is 10.2. The summed E-state index contributed by atoms with van der Waals surface area (Å²) in [6.07, 6.45) is 0.354. The van der Waals surface area contributed by atoms with Crippen LogP contribution in [-0.2, 0) is 9.53 Å². The molecule has 0 aromatic heterocycles. The average Bonchev–Trinajstić information content (AvgIpc) is 2.29. The van der Waals surface area contributed by atoms with E-state index in [1.165, 1.54) is 7.11 Å². The number of carbonyl (C=O) groups is 1. The van der Waals surface area contributed by atoms with Gasteiger partial charge in [0, 0.05) is 39.1 Å². The number of β-amino-alcohol motifs (C(OH)–C–C–N with tert-alkyl or cyclic N) is 1. The number of ether oxygens (including phenoxy) is 1. The van der Waals surface area contributed by atoms with Gasteiger partial charge in [-0.05, 0) is 13.5 Å². The Hall–Kier alpha value is -0.650. The van der Waals surface area contributed by atoms with Crippen molar-refractivity contribution in [1.29, 1.82) is 0 Å². The van der Waals surface area contributed by atoms with Gasteiger partial charge in [-0.1, -0.05) is 0 Å². The summed E-state index contributed by atoms with van der Waals surface area (Å²) in [7, 11) is 3.47. The lowest BCUT2D eigenvalue weighted by Gasteiger charge is -2.33.